The van der Waals surface area contributed by atoms with Gasteiger partial charge in [0.15, 0.2) is 0 Å². The van der Waals surface area contributed by atoms with Crippen LogP contribution in [0.2, 0.25) is 0 Å². The Morgan fingerprint density at radius 1 is 1.00 bits per heavy atom. The Kier molecular flexibility index (Phi) is 5.55. The third-order valence-electron chi connectivity index (χ3n) is 3.55. The number of aromatic nitrogens is 2. The highest BCUT2D eigenvalue weighted by Gasteiger charge is 2.09. The molecule has 0 atom stereocenters. The zero-order valence-corrected chi connectivity index (χ0v) is 13.1. The van der Waals surface area contributed by atoms with Crippen molar-refractivity contribution in [3.8, 4) is 0 Å². The molecule has 1 aromatic carbocycles. The highest BCUT2D eigenvalue weighted by molar-refractivity contribution is 5.57. The van der Waals surface area contributed by atoms with E-state index in [-0.39, 0.29) is 0 Å². The lowest BCUT2D eigenvalue weighted by molar-refractivity contribution is 0.943. The number of nitrogens with one attached hydrogen (secondary N) is 2. The molecule has 21 heavy (non-hydrogen) atoms. The van der Waals surface area contributed by atoms with Gasteiger partial charge in [-0.25, -0.2) is 9.97 Å². The van der Waals surface area contributed by atoms with Crippen molar-refractivity contribution >= 4 is 11.6 Å². The Morgan fingerprint density at radius 3 is 2.38 bits per heavy atom. The Morgan fingerprint density at radius 2 is 1.71 bits per heavy atom. The summed E-state index contributed by atoms with van der Waals surface area (Å²) in [5.74, 6) is 1.87. The number of hydrogen-bond acceptors (Lipinski definition) is 4. The molecular formula is C17H24N4. The van der Waals surface area contributed by atoms with E-state index in [1.54, 1.807) is 6.33 Å². The molecule has 0 bridgehead atoms. The minimum Gasteiger partial charge on any atom is -0.370 e. The SMILES string of the molecule is CCCNc1ncnc(NCc2ccccc2C)c1CC. The van der Waals surface area contributed by atoms with Crippen molar-refractivity contribution in [3.63, 3.8) is 0 Å². The van der Waals surface area contributed by atoms with Crippen molar-refractivity contribution in [1.82, 2.24) is 9.97 Å². The first-order valence-electron chi connectivity index (χ1n) is 7.62. The van der Waals surface area contributed by atoms with Crippen LogP contribution in [0.25, 0.3) is 0 Å². The first-order chi connectivity index (χ1) is 10.3. The van der Waals surface area contributed by atoms with E-state index < -0.39 is 0 Å². The smallest absolute Gasteiger partial charge is 0.134 e. The zero-order chi connectivity index (χ0) is 15.1. The van der Waals surface area contributed by atoms with Crippen molar-refractivity contribution in [3.05, 3.63) is 47.3 Å². The van der Waals surface area contributed by atoms with E-state index in [9.17, 15) is 0 Å². The van der Waals surface area contributed by atoms with E-state index in [2.05, 4.69) is 65.6 Å². The Labute approximate surface area is 127 Å². The number of benzene rings is 1. The summed E-state index contributed by atoms with van der Waals surface area (Å²) in [6.07, 6.45) is 3.61. The quantitative estimate of drug-likeness (QED) is 0.812. The average Bonchev–Trinajstić information content (AvgIpc) is 2.52. The fraction of sp³-hybridized carbons (Fsp3) is 0.412. The molecule has 0 spiro atoms. The van der Waals surface area contributed by atoms with Gasteiger partial charge in [0.25, 0.3) is 0 Å². The van der Waals surface area contributed by atoms with E-state index >= 15 is 0 Å². The van der Waals surface area contributed by atoms with E-state index in [0.29, 0.717) is 0 Å². The molecule has 1 heterocycles. The van der Waals surface area contributed by atoms with Gasteiger partial charge in [-0.3, -0.25) is 0 Å². The van der Waals surface area contributed by atoms with Gasteiger partial charge in [-0.15, -0.1) is 0 Å². The predicted molar refractivity (Wildman–Crippen MR) is 88.7 cm³/mol. The van der Waals surface area contributed by atoms with Crippen molar-refractivity contribution in [1.29, 1.82) is 0 Å². The van der Waals surface area contributed by atoms with Crippen LogP contribution in [0.1, 0.15) is 37.0 Å². The van der Waals surface area contributed by atoms with Gasteiger partial charge < -0.3 is 10.6 Å². The van der Waals surface area contributed by atoms with Gasteiger partial charge in [-0.1, -0.05) is 38.1 Å². The van der Waals surface area contributed by atoms with Gasteiger partial charge in [0.1, 0.15) is 18.0 Å². The van der Waals surface area contributed by atoms with Crippen LogP contribution in [0.15, 0.2) is 30.6 Å². The van der Waals surface area contributed by atoms with Gasteiger partial charge in [-0.05, 0) is 30.9 Å². The Bertz CT molecular complexity index is 581. The second kappa shape index (κ2) is 7.62. The van der Waals surface area contributed by atoms with E-state index in [1.807, 2.05) is 0 Å². The molecule has 0 unspecified atom stereocenters. The summed E-state index contributed by atoms with van der Waals surface area (Å²) in [5, 5.41) is 6.82. The topological polar surface area (TPSA) is 49.8 Å². The summed E-state index contributed by atoms with van der Waals surface area (Å²) in [5.41, 5.74) is 3.74. The molecule has 0 saturated heterocycles. The maximum absolute atomic E-state index is 4.40. The molecule has 0 saturated carbocycles. The summed E-state index contributed by atoms with van der Waals surface area (Å²) in [6, 6.07) is 8.41. The van der Waals surface area contributed by atoms with Crippen molar-refractivity contribution in [2.75, 3.05) is 17.2 Å². The second-order valence-corrected chi connectivity index (χ2v) is 5.11. The number of rotatable bonds is 7. The maximum atomic E-state index is 4.40. The van der Waals surface area contributed by atoms with Gasteiger partial charge >= 0.3 is 0 Å². The third kappa shape index (κ3) is 3.94. The van der Waals surface area contributed by atoms with Gasteiger partial charge in [0.2, 0.25) is 0 Å². The van der Waals surface area contributed by atoms with Crippen LogP contribution in [-0.4, -0.2) is 16.5 Å². The minimum absolute atomic E-state index is 0.782. The summed E-state index contributed by atoms with van der Waals surface area (Å²) < 4.78 is 0. The molecule has 2 aromatic rings. The summed E-state index contributed by atoms with van der Waals surface area (Å²) in [6.45, 7) is 8.13. The molecule has 1 aromatic heterocycles. The molecule has 0 radical (unpaired) electrons. The van der Waals surface area contributed by atoms with Crippen molar-refractivity contribution in [2.24, 2.45) is 0 Å². The summed E-state index contributed by atoms with van der Waals surface area (Å²) in [7, 11) is 0. The van der Waals surface area contributed by atoms with Gasteiger partial charge in [0.05, 0.1) is 0 Å². The first-order valence-corrected chi connectivity index (χ1v) is 7.62. The van der Waals surface area contributed by atoms with Crippen molar-refractivity contribution < 1.29 is 0 Å². The summed E-state index contributed by atoms with van der Waals surface area (Å²) in [4.78, 5) is 8.76. The van der Waals surface area contributed by atoms with Crippen LogP contribution < -0.4 is 10.6 Å². The molecule has 0 aliphatic rings. The number of nitrogens with zero attached hydrogens (tertiary/aromatic N) is 2. The molecule has 0 aliphatic heterocycles. The van der Waals surface area contributed by atoms with Crippen LogP contribution in [0.4, 0.5) is 11.6 Å². The molecule has 0 amide bonds. The van der Waals surface area contributed by atoms with Crippen LogP contribution in [-0.2, 0) is 13.0 Å². The molecule has 4 nitrogen and oxygen atoms in total. The Hall–Kier alpha value is -2.10. The molecule has 0 aliphatic carbocycles. The monoisotopic (exact) mass is 284 g/mol. The van der Waals surface area contributed by atoms with E-state index in [0.717, 1.165) is 43.1 Å². The third-order valence-corrected chi connectivity index (χ3v) is 3.55. The first kappa shape index (κ1) is 15.3. The van der Waals surface area contributed by atoms with Crippen molar-refractivity contribution in [2.45, 2.75) is 40.2 Å². The van der Waals surface area contributed by atoms with E-state index in [4.69, 9.17) is 0 Å². The second-order valence-electron chi connectivity index (χ2n) is 5.11. The number of anilines is 2. The lowest BCUT2D eigenvalue weighted by atomic mass is 10.1. The number of hydrogen-bond donors (Lipinski definition) is 2. The highest BCUT2D eigenvalue weighted by Crippen LogP contribution is 2.21. The molecule has 0 fully saturated rings. The molecule has 112 valence electrons. The molecule has 4 heteroatoms. The van der Waals surface area contributed by atoms with Crippen LogP contribution in [0.5, 0.6) is 0 Å². The lowest BCUT2D eigenvalue weighted by Crippen LogP contribution is -2.10. The molecule has 2 rings (SSSR count). The maximum Gasteiger partial charge on any atom is 0.134 e. The minimum atomic E-state index is 0.782. The lowest BCUT2D eigenvalue weighted by Gasteiger charge is -2.14. The fourth-order valence-electron chi connectivity index (χ4n) is 2.28. The van der Waals surface area contributed by atoms with Gasteiger partial charge in [0, 0.05) is 18.7 Å². The fourth-order valence-corrected chi connectivity index (χ4v) is 2.28. The molecule has 2 N–H and O–H groups in total. The highest BCUT2D eigenvalue weighted by atomic mass is 15.1. The van der Waals surface area contributed by atoms with E-state index in [1.165, 1.54) is 11.1 Å². The van der Waals surface area contributed by atoms with Gasteiger partial charge in [-0.2, -0.15) is 0 Å². The summed E-state index contributed by atoms with van der Waals surface area (Å²) >= 11 is 0. The normalized spacial score (nSPS) is 10.4. The predicted octanol–water partition coefficient (Wildman–Crippen LogP) is 3.78. The standard InChI is InChI=1S/C17H24N4/c1-4-10-18-16-15(5-2)17(21-12-20-16)19-11-14-9-7-6-8-13(14)3/h6-9,12H,4-5,10-11H2,1-3H3,(H2,18,19,20,21). The molecular weight excluding hydrogens is 260 g/mol. The van der Waals surface area contributed by atoms with Crippen LogP contribution >= 0.6 is 0 Å². The zero-order valence-electron chi connectivity index (χ0n) is 13.1. The number of aryl methyl sites for hydroxylation is 1. The largest absolute Gasteiger partial charge is 0.370 e. The van der Waals surface area contributed by atoms with Crippen LogP contribution in [0, 0.1) is 6.92 Å². The average molecular weight is 284 g/mol. The van der Waals surface area contributed by atoms with Crippen LogP contribution in [0.3, 0.4) is 0 Å². The Balaban J connectivity index is 2.14.